The summed E-state index contributed by atoms with van der Waals surface area (Å²) in [5.41, 5.74) is 0.381. The molecule has 0 aromatic heterocycles. The van der Waals surface area contributed by atoms with Crippen LogP contribution in [0.3, 0.4) is 0 Å². The molecule has 2 N–H and O–H groups in total. The molecule has 1 aromatic rings. The van der Waals surface area contributed by atoms with Crippen molar-refractivity contribution in [3.05, 3.63) is 33.1 Å². The summed E-state index contributed by atoms with van der Waals surface area (Å²) >= 11 is 2.01. The molecule has 0 unspecified atom stereocenters. The SMILES string of the molecule is CNCCNC(=O)c1cc(F)ccc1I. The van der Waals surface area contributed by atoms with Crippen molar-refractivity contribution in [2.24, 2.45) is 0 Å². The van der Waals surface area contributed by atoms with Gasteiger partial charge in [-0.05, 0) is 47.8 Å². The largest absolute Gasteiger partial charge is 0.351 e. The fraction of sp³-hybridized carbons (Fsp3) is 0.300. The Kier molecular flexibility index (Phi) is 4.97. The fourth-order valence-electron chi connectivity index (χ4n) is 1.07. The van der Waals surface area contributed by atoms with Crippen molar-refractivity contribution in [3.63, 3.8) is 0 Å². The van der Waals surface area contributed by atoms with Crippen molar-refractivity contribution >= 4 is 28.5 Å². The number of rotatable bonds is 4. The fourth-order valence-corrected chi connectivity index (χ4v) is 1.65. The Labute approximate surface area is 102 Å². The van der Waals surface area contributed by atoms with Gasteiger partial charge in [0.1, 0.15) is 5.82 Å². The summed E-state index contributed by atoms with van der Waals surface area (Å²) in [7, 11) is 1.80. The van der Waals surface area contributed by atoms with Crippen LogP contribution in [0.5, 0.6) is 0 Å². The summed E-state index contributed by atoms with van der Waals surface area (Å²) in [6.07, 6.45) is 0. The van der Waals surface area contributed by atoms with E-state index in [-0.39, 0.29) is 5.91 Å². The van der Waals surface area contributed by atoms with Gasteiger partial charge in [0.05, 0.1) is 5.56 Å². The molecule has 15 heavy (non-hydrogen) atoms. The van der Waals surface area contributed by atoms with Gasteiger partial charge in [0, 0.05) is 16.7 Å². The van der Waals surface area contributed by atoms with Crippen LogP contribution in [-0.2, 0) is 0 Å². The standard InChI is InChI=1S/C10H12FIN2O/c1-13-4-5-14-10(15)8-6-7(11)2-3-9(8)12/h2-3,6,13H,4-5H2,1H3,(H,14,15). The Morgan fingerprint density at radius 1 is 1.47 bits per heavy atom. The first-order chi connectivity index (χ1) is 7.15. The third kappa shape index (κ3) is 3.75. The molecule has 0 saturated carbocycles. The van der Waals surface area contributed by atoms with Crippen molar-refractivity contribution in [1.29, 1.82) is 0 Å². The van der Waals surface area contributed by atoms with Gasteiger partial charge in [0.2, 0.25) is 0 Å². The van der Waals surface area contributed by atoms with Gasteiger partial charge in [0.15, 0.2) is 0 Å². The van der Waals surface area contributed by atoms with Crippen LogP contribution < -0.4 is 10.6 Å². The molecule has 1 aromatic carbocycles. The predicted octanol–water partition coefficient (Wildman–Crippen LogP) is 1.38. The lowest BCUT2D eigenvalue weighted by atomic mass is 10.2. The second-order valence-electron chi connectivity index (χ2n) is 2.98. The van der Waals surface area contributed by atoms with Crippen LogP contribution in [0, 0.1) is 9.39 Å². The van der Waals surface area contributed by atoms with Crippen molar-refractivity contribution in [1.82, 2.24) is 10.6 Å². The lowest BCUT2D eigenvalue weighted by Gasteiger charge is -2.06. The zero-order valence-corrected chi connectivity index (χ0v) is 10.5. The number of likely N-dealkylation sites (N-methyl/N-ethyl adjacent to an activating group) is 1. The Morgan fingerprint density at radius 2 is 2.20 bits per heavy atom. The minimum Gasteiger partial charge on any atom is -0.351 e. The number of halogens is 2. The monoisotopic (exact) mass is 322 g/mol. The first kappa shape index (κ1) is 12.4. The van der Waals surface area contributed by atoms with Crippen molar-refractivity contribution in [2.75, 3.05) is 20.1 Å². The Morgan fingerprint density at radius 3 is 2.87 bits per heavy atom. The lowest BCUT2D eigenvalue weighted by molar-refractivity contribution is 0.0953. The topological polar surface area (TPSA) is 41.1 Å². The van der Waals surface area contributed by atoms with E-state index < -0.39 is 5.82 Å². The molecule has 1 amide bonds. The van der Waals surface area contributed by atoms with E-state index in [4.69, 9.17) is 0 Å². The predicted molar refractivity (Wildman–Crippen MR) is 65.4 cm³/mol. The van der Waals surface area contributed by atoms with Crippen LogP contribution in [0.15, 0.2) is 18.2 Å². The average molecular weight is 322 g/mol. The molecule has 0 heterocycles. The summed E-state index contributed by atoms with van der Waals surface area (Å²) in [6.45, 7) is 1.22. The van der Waals surface area contributed by atoms with Crippen LogP contribution >= 0.6 is 22.6 Å². The molecule has 0 atom stereocenters. The normalized spacial score (nSPS) is 10.1. The molecule has 82 valence electrons. The van der Waals surface area contributed by atoms with Crippen LogP contribution in [0.1, 0.15) is 10.4 Å². The molecular formula is C10H12FIN2O. The van der Waals surface area contributed by atoms with E-state index in [0.29, 0.717) is 18.7 Å². The maximum Gasteiger partial charge on any atom is 0.252 e. The summed E-state index contributed by atoms with van der Waals surface area (Å²) in [5, 5.41) is 5.60. The second kappa shape index (κ2) is 6.02. The summed E-state index contributed by atoms with van der Waals surface area (Å²) in [4.78, 5) is 11.6. The van der Waals surface area contributed by atoms with Gasteiger partial charge in [0.25, 0.3) is 5.91 Å². The zero-order valence-electron chi connectivity index (χ0n) is 8.31. The molecule has 5 heteroatoms. The molecule has 0 fully saturated rings. The van der Waals surface area contributed by atoms with E-state index in [2.05, 4.69) is 10.6 Å². The number of nitrogens with one attached hydrogen (secondary N) is 2. The highest BCUT2D eigenvalue weighted by atomic mass is 127. The number of hydrogen-bond donors (Lipinski definition) is 2. The van der Waals surface area contributed by atoms with E-state index in [1.54, 1.807) is 13.1 Å². The molecule has 3 nitrogen and oxygen atoms in total. The van der Waals surface area contributed by atoms with Crippen LogP contribution in [0.25, 0.3) is 0 Å². The zero-order chi connectivity index (χ0) is 11.3. The molecule has 0 aliphatic rings. The Bertz CT molecular complexity index is 357. The third-order valence-corrected chi connectivity index (χ3v) is 2.77. The lowest BCUT2D eigenvalue weighted by Crippen LogP contribution is -2.30. The van der Waals surface area contributed by atoms with Gasteiger partial charge in [-0.2, -0.15) is 0 Å². The van der Waals surface area contributed by atoms with Crippen LogP contribution in [0.4, 0.5) is 4.39 Å². The average Bonchev–Trinajstić information content (AvgIpc) is 2.22. The van der Waals surface area contributed by atoms with Crippen molar-refractivity contribution in [3.8, 4) is 0 Å². The highest BCUT2D eigenvalue weighted by Crippen LogP contribution is 2.13. The smallest absolute Gasteiger partial charge is 0.252 e. The third-order valence-electron chi connectivity index (χ3n) is 1.83. The molecular weight excluding hydrogens is 310 g/mol. The number of benzene rings is 1. The van der Waals surface area contributed by atoms with E-state index in [1.807, 2.05) is 22.6 Å². The number of carbonyl (C=O) groups excluding carboxylic acids is 1. The maximum absolute atomic E-state index is 12.9. The highest BCUT2D eigenvalue weighted by molar-refractivity contribution is 14.1. The van der Waals surface area contributed by atoms with Gasteiger partial charge in [-0.3, -0.25) is 4.79 Å². The number of amides is 1. The van der Waals surface area contributed by atoms with E-state index >= 15 is 0 Å². The minimum absolute atomic E-state index is 0.242. The van der Waals surface area contributed by atoms with E-state index in [9.17, 15) is 9.18 Å². The molecule has 0 aliphatic heterocycles. The van der Waals surface area contributed by atoms with Crippen molar-refractivity contribution in [2.45, 2.75) is 0 Å². The minimum atomic E-state index is -0.394. The Balaban J connectivity index is 2.68. The van der Waals surface area contributed by atoms with E-state index in [0.717, 1.165) is 3.57 Å². The molecule has 0 aliphatic carbocycles. The maximum atomic E-state index is 12.9. The first-order valence-corrected chi connectivity index (χ1v) is 5.61. The van der Waals surface area contributed by atoms with Gasteiger partial charge >= 0.3 is 0 Å². The molecule has 0 saturated heterocycles. The van der Waals surface area contributed by atoms with Gasteiger partial charge < -0.3 is 10.6 Å². The van der Waals surface area contributed by atoms with Crippen LogP contribution in [0.2, 0.25) is 0 Å². The van der Waals surface area contributed by atoms with Crippen LogP contribution in [-0.4, -0.2) is 26.0 Å². The molecule has 0 radical (unpaired) electrons. The second-order valence-corrected chi connectivity index (χ2v) is 4.15. The molecule has 0 spiro atoms. The first-order valence-electron chi connectivity index (χ1n) is 4.53. The quantitative estimate of drug-likeness (QED) is 0.650. The summed E-state index contributed by atoms with van der Waals surface area (Å²) in [5.74, 6) is -0.636. The Hall–Kier alpha value is -0.690. The van der Waals surface area contributed by atoms with Gasteiger partial charge in [-0.1, -0.05) is 0 Å². The van der Waals surface area contributed by atoms with Gasteiger partial charge in [-0.25, -0.2) is 4.39 Å². The summed E-state index contributed by atoms with van der Waals surface area (Å²) in [6, 6.07) is 4.17. The number of carbonyl (C=O) groups is 1. The van der Waals surface area contributed by atoms with Crippen molar-refractivity contribution < 1.29 is 9.18 Å². The molecule has 1 rings (SSSR count). The van der Waals surface area contributed by atoms with Gasteiger partial charge in [-0.15, -0.1) is 0 Å². The highest BCUT2D eigenvalue weighted by Gasteiger charge is 2.09. The van der Waals surface area contributed by atoms with E-state index in [1.165, 1.54) is 12.1 Å². The molecule has 0 bridgehead atoms. The number of hydrogen-bond acceptors (Lipinski definition) is 2. The summed E-state index contributed by atoms with van der Waals surface area (Å²) < 4.78 is 13.6.